The first kappa shape index (κ1) is 16.7. The van der Waals surface area contributed by atoms with E-state index in [1.54, 1.807) is 19.2 Å². The van der Waals surface area contributed by atoms with Crippen molar-refractivity contribution in [3.05, 3.63) is 82.9 Å². The molecule has 4 rings (SSSR count). The first-order valence-corrected chi connectivity index (χ1v) is 8.32. The molecule has 6 heteroatoms. The normalized spacial score (nSPS) is 10.7. The summed E-state index contributed by atoms with van der Waals surface area (Å²) in [5.41, 5.74) is 3.19. The molecule has 0 fully saturated rings. The Morgan fingerprint density at radius 1 is 0.889 bits per heavy atom. The van der Waals surface area contributed by atoms with Crippen LogP contribution in [0.3, 0.4) is 0 Å². The van der Waals surface area contributed by atoms with Crippen LogP contribution in [0.25, 0.3) is 33.5 Å². The van der Waals surface area contributed by atoms with E-state index in [2.05, 4.69) is 4.98 Å². The lowest BCUT2D eigenvalue weighted by Crippen LogP contribution is -1.96. The highest BCUT2D eigenvalue weighted by Gasteiger charge is 2.13. The molecule has 0 aliphatic rings. The van der Waals surface area contributed by atoms with Crippen molar-refractivity contribution in [3.8, 4) is 28.4 Å². The molecular weight excluding hydrogens is 342 g/mol. The number of nitro groups is 1. The minimum absolute atomic E-state index is 0.0398. The smallest absolute Gasteiger partial charge is 0.269 e. The van der Waals surface area contributed by atoms with E-state index in [0.29, 0.717) is 17.3 Å². The fourth-order valence-corrected chi connectivity index (χ4v) is 2.91. The number of benzene rings is 3. The van der Waals surface area contributed by atoms with Crippen LogP contribution in [0.2, 0.25) is 0 Å². The van der Waals surface area contributed by atoms with Crippen LogP contribution < -0.4 is 4.74 Å². The zero-order valence-electron chi connectivity index (χ0n) is 14.5. The topological polar surface area (TPSA) is 78.2 Å². The molecule has 0 unspecified atom stereocenters. The number of non-ortho nitro benzene ring substituents is 1. The molecule has 4 aromatic rings. The highest BCUT2D eigenvalue weighted by Crippen LogP contribution is 2.32. The van der Waals surface area contributed by atoms with Crippen molar-refractivity contribution in [3.63, 3.8) is 0 Å². The summed E-state index contributed by atoms with van der Waals surface area (Å²) in [6, 6.07) is 21.7. The molecule has 0 saturated heterocycles. The standard InChI is InChI=1S/C21H15N3O3/c1-27-17-11-12-19-18(13-17)20(14-7-9-16(10-8-14)24(25)26)23-21(22-19)15-5-3-2-4-6-15/h2-13H,1H3. The number of nitrogens with zero attached hydrogens (tertiary/aromatic N) is 3. The third-order valence-corrected chi connectivity index (χ3v) is 4.29. The Morgan fingerprint density at radius 2 is 1.63 bits per heavy atom. The maximum atomic E-state index is 10.9. The zero-order valence-corrected chi connectivity index (χ0v) is 14.5. The highest BCUT2D eigenvalue weighted by molar-refractivity contribution is 5.94. The second-order valence-electron chi connectivity index (χ2n) is 5.95. The van der Waals surface area contributed by atoms with Crippen molar-refractivity contribution in [1.82, 2.24) is 9.97 Å². The molecule has 0 aliphatic heterocycles. The first-order chi connectivity index (χ1) is 13.2. The molecular formula is C21H15N3O3. The van der Waals surface area contributed by atoms with Gasteiger partial charge in [-0.2, -0.15) is 0 Å². The molecule has 0 N–H and O–H groups in total. The van der Waals surface area contributed by atoms with Crippen LogP contribution in [0, 0.1) is 10.1 Å². The van der Waals surface area contributed by atoms with E-state index in [1.165, 1.54) is 12.1 Å². The average molecular weight is 357 g/mol. The van der Waals surface area contributed by atoms with Crippen molar-refractivity contribution in [2.24, 2.45) is 0 Å². The van der Waals surface area contributed by atoms with E-state index in [1.807, 2.05) is 48.5 Å². The van der Waals surface area contributed by atoms with Gasteiger partial charge in [-0.3, -0.25) is 10.1 Å². The number of ether oxygens (including phenoxy) is 1. The SMILES string of the molecule is COc1ccc2nc(-c3ccccc3)nc(-c3ccc([N+](=O)[O-])cc3)c2c1. The summed E-state index contributed by atoms with van der Waals surface area (Å²) in [5, 5.41) is 11.8. The maximum Gasteiger partial charge on any atom is 0.269 e. The number of aromatic nitrogens is 2. The number of rotatable bonds is 4. The summed E-state index contributed by atoms with van der Waals surface area (Å²) in [7, 11) is 1.60. The number of methoxy groups -OCH3 is 1. The quantitative estimate of drug-likeness (QED) is 0.384. The largest absolute Gasteiger partial charge is 0.497 e. The molecule has 1 heterocycles. The van der Waals surface area contributed by atoms with Gasteiger partial charge in [-0.15, -0.1) is 0 Å². The second kappa shape index (κ2) is 6.84. The van der Waals surface area contributed by atoms with Crippen molar-refractivity contribution in [2.75, 3.05) is 7.11 Å². The van der Waals surface area contributed by atoms with Gasteiger partial charge in [0.05, 0.1) is 23.2 Å². The molecule has 0 bridgehead atoms. The Hall–Kier alpha value is -3.80. The Bertz CT molecular complexity index is 1130. The Labute approximate surface area is 155 Å². The Kier molecular flexibility index (Phi) is 4.22. The van der Waals surface area contributed by atoms with Crippen molar-refractivity contribution in [2.45, 2.75) is 0 Å². The Balaban J connectivity index is 1.96. The maximum absolute atomic E-state index is 10.9. The summed E-state index contributed by atoms with van der Waals surface area (Å²) >= 11 is 0. The van der Waals surface area contributed by atoms with Crippen LogP contribution in [0.1, 0.15) is 0 Å². The summed E-state index contributed by atoms with van der Waals surface area (Å²) in [6.45, 7) is 0. The molecule has 3 aromatic carbocycles. The van der Waals surface area contributed by atoms with Crippen LogP contribution in [0.5, 0.6) is 5.75 Å². The molecule has 0 aliphatic carbocycles. The van der Waals surface area contributed by atoms with E-state index in [0.717, 1.165) is 22.0 Å². The molecule has 1 aromatic heterocycles. The molecule has 0 spiro atoms. The number of nitro benzene ring substituents is 1. The van der Waals surface area contributed by atoms with Gasteiger partial charge >= 0.3 is 0 Å². The molecule has 0 amide bonds. The summed E-state index contributed by atoms with van der Waals surface area (Å²) in [5.74, 6) is 1.29. The second-order valence-corrected chi connectivity index (χ2v) is 5.95. The average Bonchev–Trinajstić information content (AvgIpc) is 2.73. The fourth-order valence-electron chi connectivity index (χ4n) is 2.91. The lowest BCUT2D eigenvalue weighted by molar-refractivity contribution is -0.384. The predicted molar refractivity (Wildman–Crippen MR) is 104 cm³/mol. The number of fused-ring (bicyclic) bond motifs is 1. The van der Waals surface area contributed by atoms with Crippen LogP contribution in [-0.2, 0) is 0 Å². The number of hydrogen-bond donors (Lipinski definition) is 0. The first-order valence-electron chi connectivity index (χ1n) is 8.32. The molecule has 27 heavy (non-hydrogen) atoms. The van der Waals surface area contributed by atoms with Gasteiger partial charge in [-0.05, 0) is 30.3 Å². The van der Waals surface area contributed by atoms with E-state index < -0.39 is 4.92 Å². The van der Waals surface area contributed by atoms with E-state index in [-0.39, 0.29) is 5.69 Å². The van der Waals surface area contributed by atoms with Gasteiger partial charge < -0.3 is 4.74 Å². The molecule has 132 valence electrons. The van der Waals surface area contributed by atoms with Crippen LogP contribution in [0.4, 0.5) is 5.69 Å². The van der Waals surface area contributed by atoms with Crippen LogP contribution in [-0.4, -0.2) is 22.0 Å². The van der Waals surface area contributed by atoms with E-state index >= 15 is 0 Å². The van der Waals surface area contributed by atoms with Crippen molar-refractivity contribution >= 4 is 16.6 Å². The van der Waals surface area contributed by atoms with Gasteiger partial charge in [0, 0.05) is 28.6 Å². The summed E-state index contributed by atoms with van der Waals surface area (Å²) in [4.78, 5) is 20.0. The minimum Gasteiger partial charge on any atom is -0.497 e. The van der Waals surface area contributed by atoms with E-state index in [4.69, 9.17) is 9.72 Å². The zero-order chi connectivity index (χ0) is 18.8. The molecule has 0 saturated carbocycles. The van der Waals surface area contributed by atoms with Gasteiger partial charge in [0.25, 0.3) is 5.69 Å². The van der Waals surface area contributed by atoms with E-state index in [9.17, 15) is 10.1 Å². The van der Waals surface area contributed by atoms with Gasteiger partial charge in [-0.1, -0.05) is 30.3 Å². The van der Waals surface area contributed by atoms with Gasteiger partial charge in [0.15, 0.2) is 5.82 Å². The van der Waals surface area contributed by atoms with Gasteiger partial charge in [0.2, 0.25) is 0 Å². The van der Waals surface area contributed by atoms with Crippen molar-refractivity contribution in [1.29, 1.82) is 0 Å². The van der Waals surface area contributed by atoms with Crippen LogP contribution in [0.15, 0.2) is 72.8 Å². The van der Waals surface area contributed by atoms with Crippen LogP contribution >= 0.6 is 0 Å². The lowest BCUT2D eigenvalue weighted by Gasteiger charge is -2.10. The third-order valence-electron chi connectivity index (χ3n) is 4.29. The monoisotopic (exact) mass is 357 g/mol. The Morgan fingerprint density at radius 3 is 2.30 bits per heavy atom. The predicted octanol–water partition coefficient (Wildman–Crippen LogP) is 4.88. The fraction of sp³-hybridized carbons (Fsp3) is 0.0476. The van der Waals surface area contributed by atoms with Gasteiger partial charge in [0.1, 0.15) is 5.75 Å². The molecule has 6 nitrogen and oxygen atoms in total. The summed E-state index contributed by atoms with van der Waals surface area (Å²) < 4.78 is 5.33. The third kappa shape index (κ3) is 3.20. The number of hydrogen-bond acceptors (Lipinski definition) is 5. The lowest BCUT2D eigenvalue weighted by atomic mass is 10.0. The highest BCUT2D eigenvalue weighted by atomic mass is 16.6. The molecule has 0 atom stereocenters. The van der Waals surface area contributed by atoms with Gasteiger partial charge in [-0.25, -0.2) is 9.97 Å². The molecule has 0 radical (unpaired) electrons. The minimum atomic E-state index is -0.416. The van der Waals surface area contributed by atoms with Crippen molar-refractivity contribution < 1.29 is 9.66 Å². The summed E-state index contributed by atoms with van der Waals surface area (Å²) in [6.07, 6.45) is 0.